The second-order valence-corrected chi connectivity index (χ2v) is 2.90. The second kappa shape index (κ2) is 2.67. The normalized spacial score (nSPS) is 37.7. The summed E-state index contributed by atoms with van der Waals surface area (Å²) in [6.07, 6.45) is -0.0788. The minimum atomic E-state index is -0.0788. The van der Waals surface area contributed by atoms with Gasteiger partial charge in [-0.3, -0.25) is 0 Å². The first-order valence-corrected chi connectivity index (χ1v) is 3.64. The molecule has 0 aromatic rings. The number of rotatable bonds is 1. The molecule has 0 radical (unpaired) electrons. The van der Waals surface area contributed by atoms with Crippen LogP contribution in [0.4, 0.5) is 0 Å². The van der Waals surface area contributed by atoms with E-state index in [0.29, 0.717) is 5.92 Å². The van der Waals surface area contributed by atoms with E-state index in [9.17, 15) is 5.11 Å². The predicted octanol–water partition coefficient (Wildman–Crippen LogP) is 0.319. The quantitative estimate of drug-likeness (QED) is 0.551. The lowest BCUT2D eigenvalue weighted by atomic mass is 10.1. The van der Waals surface area contributed by atoms with Crippen molar-refractivity contribution < 1.29 is 5.11 Å². The van der Waals surface area contributed by atoms with Crippen LogP contribution in [0.5, 0.6) is 0 Å². The Labute approximate surface area is 56.5 Å². The van der Waals surface area contributed by atoms with Crippen molar-refractivity contribution in [1.82, 2.24) is 4.90 Å². The van der Waals surface area contributed by atoms with Crippen molar-refractivity contribution in [2.45, 2.75) is 20.0 Å². The van der Waals surface area contributed by atoms with Crippen LogP contribution in [0, 0.1) is 5.92 Å². The lowest BCUT2D eigenvalue weighted by Gasteiger charge is -2.09. The van der Waals surface area contributed by atoms with Gasteiger partial charge < -0.3 is 10.0 Å². The number of likely N-dealkylation sites (N-methyl/N-ethyl adjacent to an activating group) is 1. The Hall–Kier alpha value is -0.0800. The topological polar surface area (TPSA) is 23.5 Å². The largest absolute Gasteiger partial charge is 0.391 e. The molecule has 0 saturated carbocycles. The maximum atomic E-state index is 9.26. The molecule has 0 spiro atoms. The molecular weight excluding hydrogens is 114 g/mol. The van der Waals surface area contributed by atoms with Crippen LogP contribution in [-0.4, -0.2) is 35.7 Å². The van der Waals surface area contributed by atoms with Crippen LogP contribution < -0.4 is 0 Å². The molecular formula is C7H15NO. The van der Waals surface area contributed by atoms with Gasteiger partial charge in [-0.2, -0.15) is 0 Å². The van der Waals surface area contributed by atoms with Gasteiger partial charge in [0, 0.05) is 13.1 Å². The highest BCUT2D eigenvalue weighted by Gasteiger charge is 2.25. The molecule has 1 aliphatic rings. The zero-order valence-electron chi connectivity index (χ0n) is 6.17. The third kappa shape index (κ3) is 1.43. The van der Waals surface area contributed by atoms with Gasteiger partial charge in [-0.05, 0) is 12.5 Å². The fourth-order valence-corrected chi connectivity index (χ4v) is 1.31. The molecule has 2 heteroatoms. The van der Waals surface area contributed by atoms with E-state index in [1.807, 2.05) is 0 Å². The average molecular weight is 129 g/mol. The molecule has 2 atom stereocenters. The van der Waals surface area contributed by atoms with E-state index in [-0.39, 0.29) is 6.10 Å². The molecule has 1 fully saturated rings. The van der Waals surface area contributed by atoms with Gasteiger partial charge >= 0.3 is 0 Å². The zero-order chi connectivity index (χ0) is 6.85. The van der Waals surface area contributed by atoms with E-state index in [0.717, 1.165) is 19.6 Å². The molecule has 0 unspecified atom stereocenters. The van der Waals surface area contributed by atoms with Gasteiger partial charge in [0.25, 0.3) is 0 Å². The van der Waals surface area contributed by atoms with Crippen LogP contribution in [0.3, 0.4) is 0 Å². The fourth-order valence-electron chi connectivity index (χ4n) is 1.31. The Morgan fingerprint density at radius 1 is 1.56 bits per heavy atom. The van der Waals surface area contributed by atoms with Crippen LogP contribution in [0.15, 0.2) is 0 Å². The van der Waals surface area contributed by atoms with Gasteiger partial charge in [0.1, 0.15) is 0 Å². The number of aliphatic hydroxyl groups is 1. The van der Waals surface area contributed by atoms with Gasteiger partial charge in [0.2, 0.25) is 0 Å². The zero-order valence-corrected chi connectivity index (χ0v) is 6.17. The van der Waals surface area contributed by atoms with Crippen molar-refractivity contribution in [3.8, 4) is 0 Å². The molecule has 0 aromatic carbocycles. The molecule has 9 heavy (non-hydrogen) atoms. The monoisotopic (exact) mass is 129 g/mol. The highest BCUT2D eigenvalue weighted by Crippen LogP contribution is 2.14. The fraction of sp³-hybridized carbons (Fsp3) is 1.00. The predicted molar refractivity (Wildman–Crippen MR) is 37.3 cm³/mol. The summed E-state index contributed by atoms with van der Waals surface area (Å²) in [5, 5.41) is 9.26. The number of nitrogens with zero attached hydrogens (tertiary/aromatic N) is 1. The van der Waals surface area contributed by atoms with Gasteiger partial charge in [-0.15, -0.1) is 0 Å². The highest BCUT2D eigenvalue weighted by molar-refractivity contribution is 4.79. The Balaban J connectivity index is 2.35. The van der Waals surface area contributed by atoms with E-state index in [1.165, 1.54) is 0 Å². The Morgan fingerprint density at radius 3 is 2.44 bits per heavy atom. The molecule has 0 aromatic heterocycles. The molecule has 54 valence electrons. The van der Waals surface area contributed by atoms with E-state index >= 15 is 0 Å². The van der Waals surface area contributed by atoms with Gasteiger partial charge in [-0.1, -0.05) is 13.8 Å². The Morgan fingerprint density at radius 2 is 2.22 bits per heavy atom. The molecule has 1 aliphatic heterocycles. The summed E-state index contributed by atoms with van der Waals surface area (Å²) in [6.45, 7) is 7.24. The van der Waals surface area contributed by atoms with E-state index in [1.54, 1.807) is 0 Å². The van der Waals surface area contributed by atoms with Gasteiger partial charge in [0.15, 0.2) is 0 Å². The second-order valence-electron chi connectivity index (χ2n) is 2.90. The van der Waals surface area contributed by atoms with E-state index < -0.39 is 0 Å². The lowest BCUT2D eigenvalue weighted by molar-refractivity contribution is 0.149. The summed E-state index contributed by atoms with van der Waals surface area (Å²) in [5.41, 5.74) is 0. The van der Waals surface area contributed by atoms with Crippen LogP contribution >= 0.6 is 0 Å². The van der Waals surface area contributed by atoms with Crippen molar-refractivity contribution in [2.75, 3.05) is 19.6 Å². The summed E-state index contributed by atoms with van der Waals surface area (Å²) >= 11 is 0. The molecule has 2 nitrogen and oxygen atoms in total. The minimum Gasteiger partial charge on any atom is -0.391 e. The first kappa shape index (κ1) is 7.03. The van der Waals surface area contributed by atoms with Crippen molar-refractivity contribution in [3.63, 3.8) is 0 Å². The molecule has 0 amide bonds. The molecule has 0 aliphatic carbocycles. The summed E-state index contributed by atoms with van der Waals surface area (Å²) in [4.78, 5) is 2.27. The van der Waals surface area contributed by atoms with Crippen molar-refractivity contribution in [1.29, 1.82) is 0 Å². The summed E-state index contributed by atoms with van der Waals surface area (Å²) < 4.78 is 0. The summed E-state index contributed by atoms with van der Waals surface area (Å²) in [7, 11) is 0. The van der Waals surface area contributed by atoms with Crippen LogP contribution in [0.1, 0.15) is 13.8 Å². The van der Waals surface area contributed by atoms with Crippen LogP contribution in [0.2, 0.25) is 0 Å². The third-order valence-corrected chi connectivity index (χ3v) is 2.10. The SMILES string of the molecule is CCN1C[C@@H](C)[C@H](O)C1. The molecule has 1 N–H and O–H groups in total. The number of likely N-dealkylation sites (tertiary alicyclic amines) is 1. The number of hydrogen-bond donors (Lipinski definition) is 1. The standard InChI is InChI=1S/C7H15NO/c1-3-8-4-6(2)7(9)5-8/h6-7,9H,3-5H2,1-2H3/t6-,7-/m1/s1. The average Bonchev–Trinajstić information content (AvgIpc) is 2.13. The molecule has 0 bridgehead atoms. The van der Waals surface area contributed by atoms with Crippen molar-refractivity contribution in [2.24, 2.45) is 5.92 Å². The Bertz CT molecular complexity index is 84.9. The van der Waals surface area contributed by atoms with Crippen molar-refractivity contribution >= 4 is 0 Å². The van der Waals surface area contributed by atoms with Crippen molar-refractivity contribution in [3.05, 3.63) is 0 Å². The van der Waals surface area contributed by atoms with Gasteiger partial charge in [0.05, 0.1) is 6.10 Å². The number of β-amino-alcohol motifs (C(OH)–C–C–N with tert-alkyl or cyclic N) is 1. The number of hydrogen-bond acceptors (Lipinski definition) is 2. The maximum absolute atomic E-state index is 9.26. The Kier molecular flexibility index (Phi) is 2.09. The minimum absolute atomic E-state index is 0.0788. The summed E-state index contributed by atoms with van der Waals surface area (Å²) in [6, 6.07) is 0. The number of aliphatic hydroxyl groups excluding tert-OH is 1. The maximum Gasteiger partial charge on any atom is 0.0704 e. The summed E-state index contributed by atoms with van der Waals surface area (Å²) in [5.74, 6) is 0.477. The molecule has 1 saturated heterocycles. The van der Waals surface area contributed by atoms with E-state index in [4.69, 9.17) is 0 Å². The smallest absolute Gasteiger partial charge is 0.0704 e. The third-order valence-electron chi connectivity index (χ3n) is 2.10. The lowest BCUT2D eigenvalue weighted by Crippen LogP contribution is -2.21. The first-order chi connectivity index (χ1) is 4.24. The first-order valence-electron chi connectivity index (χ1n) is 3.64. The molecule has 1 heterocycles. The van der Waals surface area contributed by atoms with Crippen LogP contribution in [-0.2, 0) is 0 Å². The highest BCUT2D eigenvalue weighted by atomic mass is 16.3. The van der Waals surface area contributed by atoms with Crippen LogP contribution in [0.25, 0.3) is 0 Å². The molecule has 1 rings (SSSR count). The van der Waals surface area contributed by atoms with Gasteiger partial charge in [-0.25, -0.2) is 0 Å². The van der Waals surface area contributed by atoms with E-state index in [2.05, 4.69) is 18.7 Å².